The zero-order chi connectivity index (χ0) is 25.5. The number of anilines is 3. The lowest BCUT2D eigenvalue weighted by Gasteiger charge is -2.29. The molecule has 0 amide bonds. The van der Waals surface area contributed by atoms with Crippen molar-refractivity contribution in [1.82, 2.24) is 19.9 Å². The van der Waals surface area contributed by atoms with Gasteiger partial charge in [-0.3, -0.25) is 9.36 Å². The van der Waals surface area contributed by atoms with E-state index in [2.05, 4.69) is 25.5 Å². The third-order valence-corrected chi connectivity index (χ3v) is 6.79. The minimum absolute atomic E-state index is 0.00686. The van der Waals surface area contributed by atoms with Crippen molar-refractivity contribution in [2.45, 2.75) is 19.8 Å². The van der Waals surface area contributed by atoms with E-state index < -0.39 is 17.5 Å². The van der Waals surface area contributed by atoms with Crippen LogP contribution in [0.15, 0.2) is 48.8 Å². The second-order valence-electron chi connectivity index (χ2n) is 9.40. The maximum absolute atomic E-state index is 15.4. The molecule has 2 aromatic heterocycles. The Hall–Kier alpha value is -4.05. The largest absolute Gasteiger partial charge is 0.433 e. The lowest BCUT2D eigenvalue weighted by molar-refractivity contribution is 0.0889. The minimum atomic E-state index is -0.842. The van der Waals surface area contributed by atoms with Crippen LogP contribution in [0.3, 0.4) is 0 Å². The van der Waals surface area contributed by atoms with Crippen molar-refractivity contribution in [3.63, 3.8) is 0 Å². The van der Waals surface area contributed by atoms with Crippen molar-refractivity contribution >= 4 is 34.0 Å². The summed E-state index contributed by atoms with van der Waals surface area (Å²) in [5, 5.41) is 6.50. The number of hydrogen-bond donors (Lipinski definition) is 2. The normalized spacial score (nSPS) is 15.7. The number of carbonyl (C=O) groups excluding carboxylic acids is 1. The molecule has 37 heavy (non-hydrogen) atoms. The van der Waals surface area contributed by atoms with Gasteiger partial charge in [0.1, 0.15) is 6.33 Å². The van der Waals surface area contributed by atoms with E-state index in [1.54, 1.807) is 23.6 Å². The van der Waals surface area contributed by atoms with Crippen LogP contribution < -0.4 is 20.3 Å². The van der Waals surface area contributed by atoms with Crippen LogP contribution in [0, 0.1) is 24.5 Å². The summed E-state index contributed by atoms with van der Waals surface area (Å²) in [5.74, 6) is -2.24. The van der Waals surface area contributed by atoms with Crippen LogP contribution in [0.5, 0.6) is 11.6 Å². The van der Waals surface area contributed by atoms with Crippen LogP contribution in [-0.2, 0) is 0 Å². The molecule has 2 fully saturated rings. The van der Waals surface area contributed by atoms with E-state index in [0.29, 0.717) is 16.9 Å². The van der Waals surface area contributed by atoms with Crippen molar-refractivity contribution in [3.8, 4) is 11.6 Å². The monoisotopic (exact) mass is 504 g/mol. The Morgan fingerprint density at radius 1 is 1.05 bits per heavy atom. The molecule has 0 atom stereocenters. The molecule has 0 bridgehead atoms. The topological polar surface area (TPSA) is 84.3 Å². The van der Waals surface area contributed by atoms with E-state index in [1.807, 2.05) is 24.3 Å². The zero-order valence-corrected chi connectivity index (χ0v) is 20.3. The van der Waals surface area contributed by atoms with E-state index in [0.717, 1.165) is 51.0 Å². The Morgan fingerprint density at radius 3 is 2.54 bits per heavy atom. The van der Waals surface area contributed by atoms with Gasteiger partial charge in [-0.15, -0.1) is 0 Å². The van der Waals surface area contributed by atoms with Gasteiger partial charge in [0, 0.05) is 54.6 Å². The van der Waals surface area contributed by atoms with Crippen molar-refractivity contribution in [1.29, 1.82) is 0 Å². The fraction of sp³-hybridized carbons (Fsp3) is 0.296. The van der Waals surface area contributed by atoms with E-state index in [4.69, 9.17) is 4.74 Å². The van der Waals surface area contributed by atoms with Gasteiger partial charge in [0.15, 0.2) is 17.4 Å². The van der Waals surface area contributed by atoms with Crippen LogP contribution in [0.1, 0.15) is 23.3 Å². The van der Waals surface area contributed by atoms with Crippen molar-refractivity contribution in [2.24, 2.45) is 5.92 Å². The molecule has 1 saturated carbocycles. The first-order chi connectivity index (χ1) is 18.0. The molecule has 10 heteroatoms. The molecule has 4 aromatic rings. The van der Waals surface area contributed by atoms with Gasteiger partial charge < -0.3 is 20.3 Å². The maximum Gasteiger partial charge on any atom is 0.261 e. The standard InChI is InChI=1S/C27H26F2N6O2/c1-16-14-20-21(35(16)27(36)17-2-3-17)8-9-22(23(20)28)37-26-24(29)25(31-15-32-26)33-18-4-6-19(7-5-18)34-12-10-30-11-13-34/h4-9,14-15,17,30H,2-3,10-13H2,1H3,(H,31,32,33). The number of rotatable bonds is 6. The molecule has 1 aliphatic carbocycles. The van der Waals surface area contributed by atoms with Crippen molar-refractivity contribution in [2.75, 3.05) is 36.4 Å². The Labute approximate surface area is 212 Å². The first-order valence-electron chi connectivity index (χ1n) is 12.4. The third-order valence-electron chi connectivity index (χ3n) is 6.79. The highest BCUT2D eigenvalue weighted by molar-refractivity contribution is 5.96. The van der Waals surface area contributed by atoms with Crippen LogP contribution >= 0.6 is 0 Å². The molecule has 0 radical (unpaired) electrons. The number of hydrogen-bond acceptors (Lipinski definition) is 7. The average molecular weight is 505 g/mol. The number of halogens is 2. The minimum Gasteiger partial charge on any atom is -0.433 e. The predicted molar refractivity (Wildman–Crippen MR) is 137 cm³/mol. The fourth-order valence-electron chi connectivity index (χ4n) is 4.67. The first-order valence-corrected chi connectivity index (χ1v) is 12.4. The SMILES string of the molecule is Cc1cc2c(F)c(Oc3ncnc(Nc4ccc(N5CCNCC5)cc4)c3F)ccc2n1C(=O)C1CC1. The molecule has 8 nitrogen and oxygen atoms in total. The van der Waals surface area contributed by atoms with Crippen LogP contribution in [0.2, 0.25) is 0 Å². The molecule has 2 aliphatic rings. The third kappa shape index (κ3) is 4.48. The number of ether oxygens (including phenoxy) is 1. The first kappa shape index (κ1) is 23.4. The molecule has 1 saturated heterocycles. The maximum atomic E-state index is 15.4. The van der Waals surface area contributed by atoms with Gasteiger partial charge >= 0.3 is 0 Å². The van der Waals surface area contributed by atoms with Gasteiger partial charge in [-0.05, 0) is 62.2 Å². The van der Waals surface area contributed by atoms with E-state index in [9.17, 15) is 4.79 Å². The summed E-state index contributed by atoms with van der Waals surface area (Å²) < 4.78 is 37.7. The molecule has 0 spiro atoms. The van der Waals surface area contributed by atoms with Crippen LogP contribution in [0.25, 0.3) is 10.9 Å². The smallest absolute Gasteiger partial charge is 0.261 e. The van der Waals surface area contributed by atoms with Crippen molar-refractivity contribution in [3.05, 3.63) is 66.1 Å². The Kier molecular flexibility index (Phi) is 5.96. The van der Waals surface area contributed by atoms with Crippen molar-refractivity contribution < 1.29 is 18.3 Å². The molecular weight excluding hydrogens is 478 g/mol. The van der Waals surface area contributed by atoms with E-state index in [1.165, 1.54) is 6.07 Å². The van der Waals surface area contributed by atoms with Gasteiger partial charge in [-0.2, -0.15) is 9.37 Å². The van der Waals surface area contributed by atoms with E-state index >= 15 is 8.78 Å². The summed E-state index contributed by atoms with van der Waals surface area (Å²) in [6, 6.07) is 12.2. The number of nitrogens with one attached hydrogen (secondary N) is 2. The summed E-state index contributed by atoms with van der Waals surface area (Å²) in [6.45, 7) is 5.49. The number of nitrogens with zero attached hydrogens (tertiary/aromatic N) is 4. The molecular formula is C27H26F2N6O2. The quantitative estimate of drug-likeness (QED) is 0.382. The Morgan fingerprint density at radius 2 is 1.81 bits per heavy atom. The highest BCUT2D eigenvalue weighted by Crippen LogP contribution is 2.36. The molecule has 2 N–H and O–H groups in total. The van der Waals surface area contributed by atoms with Gasteiger partial charge in [0.25, 0.3) is 5.88 Å². The number of fused-ring (bicyclic) bond motifs is 1. The molecule has 1 aliphatic heterocycles. The van der Waals surface area contributed by atoms with Gasteiger partial charge in [-0.25, -0.2) is 9.37 Å². The second kappa shape index (κ2) is 9.44. The molecule has 190 valence electrons. The lowest BCUT2D eigenvalue weighted by atomic mass is 10.2. The number of piperazine rings is 1. The summed E-state index contributed by atoms with van der Waals surface area (Å²) in [5.41, 5.74) is 2.85. The summed E-state index contributed by atoms with van der Waals surface area (Å²) >= 11 is 0. The Balaban J connectivity index is 1.23. The summed E-state index contributed by atoms with van der Waals surface area (Å²) in [4.78, 5) is 22.8. The predicted octanol–water partition coefficient (Wildman–Crippen LogP) is 5.01. The van der Waals surface area contributed by atoms with Crippen LogP contribution in [0.4, 0.5) is 26.0 Å². The molecule has 6 rings (SSSR count). The number of benzene rings is 2. The molecule has 0 unspecified atom stereocenters. The summed E-state index contributed by atoms with van der Waals surface area (Å²) in [6.07, 6.45) is 2.86. The van der Waals surface area contributed by atoms with Gasteiger partial charge in [0.2, 0.25) is 11.7 Å². The van der Waals surface area contributed by atoms with E-state index in [-0.39, 0.29) is 28.8 Å². The van der Waals surface area contributed by atoms with Gasteiger partial charge in [-0.1, -0.05) is 0 Å². The Bertz CT molecular complexity index is 1480. The molecule has 3 heterocycles. The second-order valence-corrected chi connectivity index (χ2v) is 9.40. The highest BCUT2D eigenvalue weighted by atomic mass is 19.1. The number of aromatic nitrogens is 3. The van der Waals surface area contributed by atoms with Gasteiger partial charge in [0.05, 0.1) is 5.52 Å². The average Bonchev–Trinajstić information content (AvgIpc) is 3.71. The summed E-state index contributed by atoms with van der Waals surface area (Å²) in [7, 11) is 0. The number of aryl methyl sites for hydroxylation is 1. The number of carbonyl (C=O) groups is 1. The van der Waals surface area contributed by atoms with Crippen LogP contribution in [-0.4, -0.2) is 46.6 Å². The highest BCUT2D eigenvalue weighted by Gasteiger charge is 2.32. The fourth-order valence-corrected chi connectivity index (χ4v) is 4.67. The zero-order valence-electron chi connectivity index (χ0n) is 20.3. The molecule has 2 aromatic carbocycles. The lowest BCUT2D eigenvalue weighted by Crippen LogP contribution is -2.43.